The van der Waals surface area contributed by atoms with Crippen LogP contribution in [0.1, 0.15) is 42.0 Å². The zero-order chi connectivity index (χ0) is 24.5. The third-order valence-corrected chi connectivity index (χ3v) is 6.82. The van der Waals surface area contributed by atoms with Gasteiger partial charge in [0.25, 0.3) is 5.89 Å². The highest BCUT2D eigenvalue weighted by Crippen LogP contribution is 2.39. The van der Waals surface area contributed by atoms with E-state index in [1.54, 1.807) is 7.11 Å². The zero-order valence-corrected chi connectivity index (χ0v) is 21.1. The number of hydrogen-bond donors (Lipinski definition) is 1. The second kappa shape index (κ2) is 9.67. The Labute approximate surface area is 209 Å². The molecule has 0 amide bonds. The van der Waals surface area contributed by atoms with Gasteiger partial charge in [0, 0.05) is 31.5 Å². The highest BCUT2D eigenvalue weighted by atomic mass is 32.1. The summed E-state index contributed by atoms with van der Waals surface area (Å²) in [6.07, 6.45) is 0.837. The number of fused-ring (bicyclic) bond motifs is 1. The number of hydrogen-bond acceptors (Lipinski definition) is 7. The number of nitrogens with one attached hydrogen (secondary N) is 1. The molecule has 2 aromatic carbocycles. The number of nitrogens with zero attached hydrogens (tertiary/aromatic N) is 3. The number of ether oxygens (including phenoxy) is 3. The molecule has 2 aliphatic rings. The number of methoxy groups -OCH3 is 1. The number of thiocarbonyl (C=S) groups is 1. The molecule has 0 bridgehead atoms. The lowest BCUT2D eigenvalue weighted by Crippen LogP contribution is -2.46. The molecule has 3 aromatic rings. The first-order valence-corrected chi connectivity index (χ1v) is 12.0. The van der Waals surface area contributed by atoms with Crippen molar-refractivity contribution in [3.63, 3.8) is 0 Å². The Balaban J connectivity index is 1.56. The van der Waals surface area contributed by atoms with E-state index in [1.807, 2.05) is 25.1 Å². The van der Waals surface area contributed by atoms with Gasteiger partial charge in [0.2, 0.25) is 12.6 Å². The molecule has 0 saturated carbocycles. The van der Waals surface area contributed by atoms with Crippen molar-refractivity contribution in [3.05, 3.63) is 64.7 Å². The van der Waals surface area contributed by atoms with Gasteiger partial charge in [-0.05, 0) is 74.3 Å². The summed E-state index contributed by atoms with van der Waals surface area (Å²) in [5, 5.41) is 8.47. The number of benzene rings is 2. The van der Waals surface area contributed by atoms with Crippen molar-refractivity contribution < 1.29 is 18.7 Å². The summed E-state index contributed by atoms with van der Waals surface area (Å²) in [6.45, 7) is 7.85. The molecule has 0 fully saturated rings. The number of aromatic nitrogens is 2. The first-order chi connectivity index (χ1) is 17.0. The second-order valence-corrected chi connectivity index (χ2v) is 9.10. The van der Waals surface area contributed by atoms with Gasteiger partial charge in [-0.1, -0.05) is 23.4 Å². The van der Waals surface area contributed by atoms with Gasteiger partial charge in [0.15, 0.2) is 16.6 Å². The maximum atomic E-state index is 5.84. The third kappa shape index (κ3) is 4.49. The summed E-state index contributed by atoms with van der Waals surface area (Å²) >= 11 is 5.77. The van der Waals surface area contributed by atoms with E-state index in [-0.39, 0.29) is 12.8 Å². The van der Waals surface area contributed by atoms with Crippen molar-refractivity contribution in [2.75, 3.05) is 27.1 Å². The molecule has 9 heteroatoms. The van der Waals surface area contributed by atoms with E-state index in [2.05, 4.69) is 47.4 Å². The molecule has 5 rings (SSSR count). The van der Waals surface area contributed by atoms with Crippen LogP contribution in [0.3, 0.4) is 0 Å². The van der Waals surface area contributed by atoms with E-state index >= 15 is 0 Å². The van der Waals surface area contributed by atoms with Crippen molar-refractivity contribution in [2.45, 2.75) is 33.2 Å². The summed E-state index contributed by atoms with van der Waals surface area (Å²) in [5.41, 5.74) is 6.21. The van der Waals surface area contributed by atoms with Crippen LogP contribution in [0.25, 0.3) is 17.0 Å². The highest BCUT2D eigenvalue weighted by Gasteiger charge is 2.34. The first-order valence-electron chi connectivity index (χ1n) is 11.5. The molecule has 1 unspecified atom stereocenters. The predicted octanol–water partition coefficient (Wildman–Crippen LogP) is 4.78. The van der Waals surface area contributed by atoms with Crippen LogP contribution in [-0.4, -0.2) is 47.2 Å². The van der Waals surface area contributed by atoms with Gasteiger partial charge in [0.05, 0.1) is 11.6 Å². The molecule has 0 aliphatic carbocycles. The van der Waals surface area contributed by atoms with Crippen LogP contribution in [0.5, 0.6) is 11.5 Å². The van der Waals surface area contributed by atoms with E-state index in [0.717, 1.165) is 35.4 Å². The largest absolute Gasteiger partial charge is 0.454 e. The topological polar surface area (TPSA) is 81.9 Å². The van der Waals surface area contributed by atoms with Gasteiger partial charge >= 0.3 is 0 Å². The minimum Gasteiger partial charge on any atom is -0.454 e. The van der Waals surface area contributed by atoms with Gasteiger partial charge in [-0.2, -0.15) is 4.98 Å². The van der Waals surface area contributed by atoms with Gasteiger partial charge in [-0.15, -0.1) is 0 Å². The smallest absolute Gasteiger partial charge is 0.258 e. The Morgan fingerprint density at radius 2 is 1.91 bits per heavy atom. The highest BCUT2D eigenvalue weighted by molar-refractivity contribution is 7.80. The summed E-state index contributed by atoms with van der Waals surface area (Å²) in [6, 6.07) is 11.8. The van der Waals surface area contributed by atoms with E-state index in [1.165, 1.54) is 11.1 Å². The van der Waals surface area contributed by atoms with Crippen molar-refractivity contribution in [1.82, 2.24) is 20.4 Å². The number of allylic oxidation sites excluding steroid dienone is 1. The molecule has 0 radical (unpaired) electrons. The van der Waals surface area contributed by atoms with Crippen LogP contribution in [-0.2, 0) is 4.74 Å². The average Bonchev–Trinajstić information content (AvgIpc) is 3.52. The summed E-state index contributed by atoms with van der Waals surface area (Å²) in [5.74, 6) is 2.32. The van der Waals surface area contributed by atoms with E-state index in [4.69, 9.17) is 35.9 Å². The Bertz CT molecular complexity index is 1300. The van der Waals surface area contributed by atoms with Gasteiger partial charge < -0.3 is 29.0 Å². The summed E-state index contributed by atoms with van der Waals surface area (Å²) < 4.78 is 22.0. The molecule has 182 valence electrons. The Morgan fingerprint density at radius 1 is 1.09 bits per heavy atom. The minimum atomic E-state index is -0.217. The first kappa shape index (κ1) is 23.3. The van der Waals surface area contributed by atoms with E-state index in [0.29, 0.717) is 34.9 Å². The molecule has 35 heavy (non-hydrogen) atoms. The maximum absolute atomic E-state index is 5.84. The van der Waals surface area contributed by atoms with Gasteiger partial charge in [0.1, 0.15) is 0 Å². The number of aryl methyl sites for hydroxylation is 2. The lowest BCUT2D eigenvalue weighted by atomic mass is 9.92. The molecular formula is C26H28N4O4S. The van der Waals surface area contributed by atoms with E-state index < -0.39 is 0 Å². The monoisotopic (exact) mass is 492 g/mol. The van der Waals surface area contributed by atoms with Crippen molar-refractivity contribution in [1.29, 1.82) is 0 Å². The van der Waals surface area contributed by atoms with Gasteiger partial charge in [-0.3, -0.25) is 0 Å². The van der Waals surface area contributed by atoms with Crippen LogP contribution >= 0.6 is 12.2 Å². The fourth-order valence-corrected chi connectivity index (χ4v) is 4.72. The second-order valence-electron chi connectivity index (χ2n) is 8.71. The lowest BCUT2D eigenvalue weighted by Gasteiger charge is -2.37. The van der Waals surface area contributed by atoms with Crippen molar-refractivity contribution >= 4 is 22.9 Å². The van der Waals surface area contributed by atoms with Gasteiger partial charge in [-0.25, -0.2) is 0 Å². The molecule has 1 aromatic heterocycles. The van der Waals surface area contributed by atoms with Crippen LogP contribution in [0.2, 0.25) is 0 Å². The molecule has 3 heterocycles. The SMILES string of the molecule is COCCCN1C(=S)NC(c2ccc(C)c(C)c2)C(c2nc(-c3ccc4c(c3)OCO4)no2)=C1C. The zero-order valence-electron chi connectivity index (χ0n) is 20.3. The third-order valence-electron chi connectivity index (χ3n) is 6.48. The molecule has 1 atom stereocenters. The average molecular weight is 493 g/mol. The normalized spacial score (nSPS) is 17.2. The Morgan fingerprint density at radius 3 is 2.71 bits per heavy atom. The Kier molecular flexibility index (Phi) is 6.44. The standard InChI is InChI=1S/C26H28N4O4S/c1-15-6-7-18(12-16(15)2)23-22(17(3)30(26(35)27-23)10-5-11-31-4)25-28-24(29-34-25)19-8-9-20-21(13-19)33-14-32-20/h6-9,12-13,23H,5,10-11,14H2,1-4H3,(H,27,35). The van der Waals surface area contributed by atoms with Crippen molar-refractivity contribution in [3.8, 4) is 22.9 Å². The fourth-order valence-electron chi connectivity index (χ4n) is 4.37. The molecule has 0 saturated heterocycles. The summed E-state index contributed by atoms with van der Waals surface area (Å²) in [4.78, 5) is 6.86. The van der Waals surface area contributed by atoms with Crippen LogP contribution in [0, 0.1) is 13.8 Å². The lowest BCUT2D eigenvalue weighted by molar-refractivity contribution is 0.174. The molecule has 0 spiro atoms. The van der Waals surface area contributed by atoms with Crippen LogP contribution in [0.15, 0.2) is 46.6 Å². The molecule has 2 aliphatic heterocycles. The predicted molar refractivity (Wildman–Crippen MR) is 136 cm³/mol. The Hall–Kier alpha value is -3.43. The van der Waals surface area contributed by atoms with Crippen molar-refractivity contribution in [2.24, 2.45) is 0 Å². The van der Waals surface area contributed by atoms with Crippen LogP contribution < -0.4 is 14.8 Å². The fraction of sp³-hybridized carbons (Fsp3) is 0.346. The number of rotatable bonds is 7. The van der Waals surface area contributed by atoms with E-state index in [9.17, 15) is 0 Å². The molecular weight excluding hydrogens is 464 g/mol. The molecule has 8 nitrogen and oxygen atoms in total. The molecule has 1 N–H and O–H groups in total. The summed E-state index contributed by atoms with van der Waals surface area (Å²) in [7, 11) is 1.70. The minimum absolute atomic E-state index is 0.213. The quantitative estimate of drug-likeness (QED) is 0.370. The maximum Gasteiger partial charge on any atom is 0.258 e. The van der Waals surface area contributed by atoms with Crippen LogP contribution in [0.4, 0.5) is 0 Å².